The Morgan fingerprint density at radius 1 is 1.42 bits per heavy atom. The summed E-state index contributed by atoms with van der Waals surface area (Å²) >= 11 is 0. The van der Waals surface area contributed by atoms with Crippen LogP contribution in [0.4, 0.5) is 0 Å². The van der Waals surface area contributed by atoms with Crippen molar-refractivity contribution in [1.29, 1.82) is 0 Å². The zero-order chi connectivity index (χ0) is 9.19. The second-order valence-electron chi connectivity index (χ2n) is 4.45. The van der Waals surface area contributed by atoms with Gasteiger partial charge >= 0.3 is 0 Å². The van der Waals surface area contributed by atoms with Gasteiger partial charge in [0, 0.05) is 5.92 Å². The van der Waals surface area contributed by atoms with Gasteiger partial charge in [0.25, 0.3) is 0 Å². The standard InChI is InChI=1S/C11H20O/c1-9(2)8-10-6-4-5-7-11(10,3)12/h8,10,12H,4-7H2,1-3H3/t10-,11+/m1/s1. The molecular weight excluding hydrogens is 148 g/mol. The first-order valence-corrected chi connectivity index (χ1v) is 4.90. The second kappa shape index (κ2) is 3.61. The van der Waals surface area contributed by atoms with Gasteiger partial charge in [-0.2, -0.15) is 0 Å². The first kappa shape index (κ1) is 9.79. The van der Waals surface area contributed by atoms with Gasteiger partial charge < -0.3 is 5.11 Å². The van der Waals surface area contributed by atoms with Crippen LogP contribution in [0.5, 0.6) is 0 Å². The third-order valence-corrected chi connectivity index (χ3v) is 2.78. The lowest BCUT2D eigenvalue weighted by Crippen LogP contribution is -2.36. The molecule has 1 aliphatic rings. The van der Waals surface area contributed by atoms with E-state index in [1.165, 1.54) is 18.4 Å². The molecule has 12 heavy (non-hydrogen) atoms. The van der Waals surface area contributed by atoms with E-state index in [0.717, 1.165) is 12.8 Å². The number of hydrogen-bond donors (Lipinski definition) is 1. The molecule has 1 saturated carbocycles. The molecule has 70 valence electrons. The van der Waals surface area contributed by atoms with Crippen LogP contribution in [0.15, 0.2) is 11.6 Å². The minimum Gasteiger partial charge on any atom is -0.390 e. The highest BCUT2D eigenvalue weighted by Crippen LogP contribution is 2.34. The van der Waals surface area contributed by atoms with Gasteiger partial charge in [-0.05, 0) is 33.6 Å². The molecule has 0 aromatic rings. The molecule has 0 aromatic carbocycles. The topological polar surface area (TPSA) is 20.2 Å². The van der Waals surface area contributed by atoms with Gasteiger partial charge in [-0.25, -0.2) is 0 Å². The molecule has 1 fully saturated rings. The van der Waals surface area contributed by atoms with Crippen molar-refractivity contribution in [3.05, 3.63) is 11.6 Å². The quantitative estimate of drug-likeness (QED) is 0.597. The van der Waals surface area contributed by atoms with Crippen LogP contribution in [-0.2, 0) is 0 Å². The highest BCUT2D eigenvalue weighted by atomic mass is 16.3. The predicted molar refractivity (Wildman–Crippen MR) is 52.0 cm³/mol. The number of hydrogen-bond acceptors (Lipinski definition) is 1. The minimum absolute atomic E-state index is 0.385. The summed E-state index contributed by atoms with van der Waals surface area (Å²) in [5.41, 5.74) is 0.873. The van der Waals surface area contributed by atoms with Gasteiger partial charge in [0.15, 0.2) is 0 Å². The van der Waals surface area contributed by atoms with E-state index in [2.05, 4.69) is 19.9 Å². The summed E-state index contributed by atoms with van der Waals surface area (Å²) in [6.07, 6.45) is 6.78. The Hall–Kier alpha value is -0.300. The van der Waals surface area contributed by atoms with E-state index in [0.29, 0.717) is 5.92 Å². The Morgan fingerprint density at radius 3 is 2.58 bits per heavy atom. The molecule has 1 nitrogen and oxygen atoms in total. The molecule has 1 aliphatic carbocycles. The molecule has 0 aromatic heterocycles. The molecule has 0 heterocycles. The van der Waals surface area contributed by atoms with Crippen molar-refractivity contribution in [2.45, 2.75) is 52.1 Å². The zero-order valence-corrected chi connectivity index (χ0v) is 8.43. The fourth-order valence-corrected chi connectivity index (χ4v) is 2.01. The lowest BCUT2D eigenvalue weighted by Gasteiger charge is -2.35. The maximum atomic E-state index is 10.0. The average Bonchev–Trinajstić information content (AvgIpc) is 1.92. The molecule has 0 unspecified atom stereocenters. The summed E-state index contributed by atoms with van der Waals surface area (Å²) in [4.78, 5) is 0. The van der Waals surface area contributed by atoms with E-state index < -0.39 is 5.60 Å². The summed E-state index contributed by atoms with van der Waals surface area (Å²) in [6.45, 7) is 6.17. The Labute approximate surface area is 75.5 Å². The molecule has 0 amide bonds. The van der Waals surface area contributed by atoms with Crippen molar-refractivity contribution >= 4 is 0 Å². The molecule has 0 radical (unpaired) electrons. The molecule has 2 atom stereocenters. The Kier molecular flexibility index (Phi) is 2.94. The van der Waals surface area contributed by atoms with Crippen molar-refractivity contribution < 1.29 is 5.11 Å². The Balaban J connectivity index is 2.67. The second-order valence-corrected chi connectivity index (χ2v) is 4.45. The first-order valence-electron chi connectivity index (χ1n) is 4.90. The normalized spacial score (nSPS) is 36.2. The van der Waals surface area contributed by atoms with Gasteiger partial charge in [-0.3, -0.25) is 0 Å². The summed E-state index contributed by atoms with van der Waals surface area (Å²) < 4.78 is 0. The van der Waals surface area contributed by atoms with E-state index in [1.54, 1.807) is 0 Å². The molecule has 0 bridgehead atoms. The summed E-state index contributed by atoms with van der Waals surface area (Å²) in [5, 5.41) is 10.0. The van der Waals surface area contributed by atoms with Crippen LogP contribution in [0.1, 0.15) is 46.5 Å². The van der Waals surface area contributed by atoms with Crippen molar-refractivity contribution in [3.8, 4) is 0 Å². The van der Waals surface area contributed by atoms with E-state index in [9.17, 15) is 5.11 Å². The molecule has 0 saturated heterocycles. The van der Waals surface area contributed by atoms with Crippen LogP contribution in [-0.4, -0.2) is 10.7 Å². The number of aliphatic hydroxyl groups is 1. The smallest absolute Gasteiger partial charge is 0.0682 e. The van der Waals surface area contributed by atoms with Crippen LogP contribution in [0.2, 0.25) is 0 Å². The van der Waals surface area contributed by atoms with Crippen molar-refractivity contribution in [1.82, 2.24) is 0 Å². The maximum absolute atomic E-state index is 10.0. The van der Waals surface area contributed by atoms with Gasteiger partial charge in [-0.1, -0.05) is 24.5 Å². The third-order valence-electron chi connectivity index (χ3n) is 2.78. The van der Waals surface area contributed by atoms with Crippen molar-refractivity contribution in [3.63, 3.8) is 0 Å². The van der Waals surface area contributed by atoms with Crippen LogP contribution in [0, 0.1) is 5.92 Å². The maximum Gasteiger partial charge on any atom is 0.0682 e. The first-order chi connectivity index (χ1) is 5.52. The van der Waals surface area contributed by atoms with Crippen LogP contribution in [0.3, 0.4) is 0 Å². The minimum atomic E-state index is -0.449. The monoisotopic (exact) mass is 168 g/mol. The average molecular weight is 168 g/mol. The van der Waals surface area contributed by atoms with Crippen LogP contribution < -0.4 is 0 Å². The number of rotatable bonds is 1. The molecule has 0 aliphatic heterocycles. The zero-order valence-electron chi connectivity index (χ0n) is 8.43. The molecule has 1 heteroatoms. The highest BCUT2D eigenvalue weighted by Gasteiger charge is 2.32. The molecule has 1 rings (SSSR count). The van der Waals surface area contributed by atoms with Crippen molar-refractivity contribution in [2.75, 3.05) is 0 Å². The van der Waals surface area contributed by atoms with Gasteiger partial charge in [0.05, 0.1) is 5.60 Å². The third kappa shape index (κ3) is 2.34. The molecule has 0 spiro atoms. The Morgan fingerprint density at radius 2 is 2.08 bits per heavy atom. The lowest BCUT2D eigenvalue weighted by molar-refractivity contribution is -0.0125. The SMILES string of the molecule is CC(C)=C[C@H]1CCCC[C@]1(C)O. The summed E-state index contributed by atoms with van der Waals surface area (Å²) in [5.74, 6) is 0.385. The van der Waals surface area contributed by atoms with Crippen LogP contribution in [0.25, 0.3) is 0 Å². The number of allylic oxidation sites excluding steroid dienone is 1. The predicted octanol–water partition coefficient (Wildman–Crippen LogP) is 2.89. The molecular formula is C11H20O. The molecule has 1 N–H and O–H groups in total. The fraction of sp³-hybridized carbons (Fsp3) is 0.818. The summed E-state index contributed by atoms with van der Waals surface area (Å²) in [7, 11) is 0. The van der Waals surface area contributed by atoms with Crippen LogP contribution >= 0.6 is 0 Å². The summed E-state index contributed by atoms with van der Waals surface area (Å²) in [6, 6.07) is 0. The van der Waals surface area contributed by atoms with E-state index in [4.69, 9.17) is 0 Å². The van der Waals surface area contributed by atoms with Gasteiger partial charge in [-0.15, -0.1) is 0 Å². The van der Waals surface area contributed by atoms with E-state index in [1.807, 2.05) is 6.92 Å². The van der Waals surface area contributed by atoms with Gasteiger partial charge in [0.2, 0.25) is 0 Å². The largest absolute Gasteiger partial charge is 0.390 e. The van der Waals surface area contributed by atoms with E-state index >= 15 is 0 Å². The highest BCUT2D eigenvalue weighted by molar-refractivity contribution is 5.04. The lowest BCUT2D eigenvalue weighted by atomic mass is 9.76. The van der Waals surface area contributed by atoms with Crippen molar-refractivity contribution in [2.24, 2.45) is 5.92 Å². The van der Waals surface area contributed by atoms with Gasteiger partial charge in [0.1, 0.15) is 0 Å². The van der Waals surface area contributed by atoms with E-state index in [-0.39, 0.29) is 0 Å². The fourth-order valence-electron chi connectivity index (χ4n) is 2.01. The Bertz CT molecular complexity index is 175.